The van der Waals surface area contributed by atoms with Gasteiger partial charge in [0.05, 0.1) is 5.41 Å². The van der Waals surface area contributed by atoms with Gasteiger partial charge in [0.25, 0.3) is 0 Å². The molecule has 146 valence electrons. The van der Waals surface area contributed by atoms with Crippen LogP contribution in [0.4, 0.5) is 0 Å². The first-order valence-electron chi connectivity index (χ1n) is 9.83. The summed E-state index contributed by atoms with van der Waals surface area (Å²) >= 11 is 0. The number of rotatable bonds is 7. The van der Waals surface area contributed by atoms with Gasteiger partial charge in [-0.1, -0.05) is 36.8 Å². The lowest BCUT2D eigenvalue weighted by Crippen LogP contribution is -2.49. The second-order valence-electron chi connectivity index (χ2n) is 7.82. The minimum absolute atomic E-state index is 0.0293. The molecule has 2 aliphatic rings. The summed E-state index contributed by atoms with van der Waals surface area (Å²) in [4.78, 5) is 37.9. The summed E-state index contributed by atoms with van der Waals surface area (Å²) in [6.45, 7) is 1.28. The number of nitrogens with one attached hydrogen (secondary N) is 1. The van der Waals surface area contributed by atoms with Crippen LogP contribution in [0, 0.1) is 5.41 Å². The van der Waals surface area contributed by atoms with Crippen LogP contribution in [0.5, 0.6) is 0 Å². The van der Waals surface area contributed by atoms with E-state index < -0.39 is 11.4 Å². The number of aliphatic carboxylic acids is 1. The second kappa shape index (κ2) is 8.55. The Bertz CT molecular complexity index is 677. The van der Waals surface area contributed by atoms with E-state index in [0.717, 1.165) is 31.2 Å². The van der Waals surface area contributed by atoms with Crippen molar-refractivity contribution in [1.29, 1.82) is 0 Å². The number of hydrogen-bond donors (Lipinski definition) is 2. The van der Waals surface area contributed by atoms with Crippen molar-refractivity contribution < 1.29 is 19.5 Å². The molecule has 2 fully saturated rings. The molecule has 6 nitrogen and oxygen atoms in total. The second-order valence-corrected chi connectivity index (χ2v) is 7.82. The quantitative estimate of drug-likeness (QED) is 0.769. The largest absolute Gasteiger partial charge is 0.481 e. The van der Waals surface area contributed by atoms with Crippen LogP contribution in [0.25, 0.3) is 0 Å². The number of carbonyl (C=O) groups is 3. The van der Waals surface area contributed by atoms with Crippen molar-refractivity contribution >= 4 is 17.8 Å². The van der Waals surface area contributed by atoms with Gasteiger partial charge in [0.2, 0.25) is 11.8 Å². The molecule has 0 aromatic heterocycles. The standard InChI is InChI=1S/C21H28N2O4/c24-18(15-21(20(26)27)11-4-12-21)22-17-9-13-23(14-10-17)19(25)8-7-16-5-2-1-3-6-16/h1-3,5-6,17H,4,7-15H2,(H,22,24)(H,26,27). The molecule has 0 atom stereocenters. The zero-order valence-electron chi connectivity index (χ0n) is 15.7. The number of likely N-dealkylation sites (tertiary alicyclic amines) is 1. The zero-order valence-corrected chi connectivity index (χ0v) is 15.7. The maximum absolute atomic E-state index is 12.4. The van der Waals surface area contributed by atoms with Gasteiger partial charge >= 0.3 is 5.97 Å². The van der Waals surface area contributed by atoms with E-state index in [-0.39, 0.29) is 24.3 Å². The van der Waals surface area contributed by atoms with Crippen LogP contribution < -0.4 is 5.32 Å². The van der Waals surface area contributed by atoms with E-state index in [1.165, 1.54) is 0 Å². The topological polar surface area (TPSA) is 86.7 Å². The van der Waals surface area contributed by atoms with E-state index in [1.807, 2.05) is 35.2 Å². The Kier molecular flexibility index (Phi) is 6.14. The van der Waals surface area contributed by atoms with Crippen LogP contribution in [-0.4, -0.2) is 46.9 Å². The van der Waals surface area contributed by atoms with Gasteiger partial charge in [-0.3, -0.25) is 14.4 Å². The SMILES string of the molecule is O=C(CC1(C(=O)O)CCC1)NC1CCN(C(=O)CCc2ccccc2)CC1. The Balaban J connectivity index is 1.39. The van der Waals surface area contributed by atoms with Gasteiger partial charge in [-0.2, -0.15) is 0 Å². The number of nitrogens with zero attached hydrogens (tertiary/aromatic N) is 1. The van der Waals surface area contributed by atoms with Gasteiger partial charge in [-0.25, -0.2) is 0 Å². The lowest BCUT2D eigenvalue weighted by atomic mass is 9.66. The highest BCUT2D eigenvalue weighted by Crippen LogP contribution is 2.44. The minimum atomic E-state index is -0.859. The number of amides is 2. The minimum Gasteiger partial charge on any atom is -0.481 e. The van der Waals surface area contributed by atoms with E-state index >= 15 is 0 Å². The number of piperidine rings is 1. The summed E-state index contributed by atoms with van der Waals surface area (Å²) in [5.74, 6) is -0.878. The maximum Gasteiger partial charge on any atom is 0.310 e. The first kappa shape index (κ1) is 19.4. The number of aryl methyl sites for hydroxylation is 1. The molecule has 0 bridgehead atoms. The Labute approximate surface area is 159 Å². The molecule has 0 spiro atoms. The van der Waals surface area contributed by atoms with Gasteiger partial charge in [-0.15, -0.1) is 0 Å². The average Bonchev–Trinajstić information content (AvgIpc) is 2.64. The molecule has 1 aliphatic heterocycles. The molecule has 6 heteroatoms. The van der Waals surface area contributed by atoms with Crippen LogP contribution in [0.3, 0.4) is 0 Å². The first-order chi connectivity index (χ1) is 13.0. The molecular weight excluding hydrogens is 344 g/mol. The number of carboxylic acid groups (broad SMARTS) is 1. The summed E-state index contributed by atoms with van der Waals surface area (Å²) in [5, 5.41) is 12.3. The maximum atomic E-state index is 12.4. The highest BCUT2D eigenvalue weighted by molar-refractivity contribution is 5.85. The van der Waals surface area contributed by atoms with E-state index in [0.29, 0.717) is 32.4 Å². The third-order valence-corrected chi connectivity index (χ3v) is 5.95. The molecule has 0 unspecified atom stereocenters. The van der Waals surface area contributed by atoms with Crippen molar-refractivity contribution in [3.63, 3.8) is 0 Å². The normalized spacial score (nSPS) is 19.2. The number of benzene rings is 1. The lowest BCUT2D eigenvalue weighted by Gasteiger charge is -2.38. The lowest BCUT2D eigenvalue weighted by molar-refractivity contribution is -0.157. The molecular formula is C21H28N2O4. The van der Waals surface area contributed by atoms with Gasteiger partial charge in [0.15, 0.2) is 0 Å². The van der Waals surface area contributed by atoms with Gasteiger partial charge in [-0.05, 0) is 37.7 Å². The molecule has 2 N–H and O–H groups in total. The fraction of sp³-hybridized carbons (Fsp3) is 0.571. The summed E-state index contributed by atoms with van der Waals surface area (Å²) in [6.07, 6.45) is 4.82. The third kappa shape index (κ3) is 4.87. The Morgan fingerprint density at radius 3 is 2.33 bits per heavy atom. The van der Waals surface area contributed by atoms with Crippen LogP contribution in [0.15, 0.2) is 30.3 Å². The molecule has 1 saturated carbocycles. The molecule has 2 amide bonds. The van der Waals surface area contributed by atoms with Crippen LogP contribution in [0.2, 0.25) is 0 Å². The molecule has 1 aliphatic carbocycles. The molecule has 1 aromatic rings. The predicted molar refractivity (Wildman–Crippen MR) is 101 cm³/mol. The number of carboxylic acids is 1. The van der Waals surface area contributed by atoms with Crippen molar-refractivity contribution in [1.82, 2.24) is 10.2 Å². The smallest absolute Gasteiger partial charge is 0.310 e. The molecule has 3 rings (SSSR count). The van der Waals surface area contributed by atoms with Crippen molar-refractivity contribution in [3.8, 4) is 0 Å². The number of hydrogen-bond acceptors (Lipinski definition) is 3. The first-order valence-corrected chi connectivity index (χ1v) is 9.83. The van der Waals surface area contributed by atoms with Crippen molar-refractivity contribution in [3.05, 3.63) is 35.9 Å². The van der Waals surface area contributed by atoms with Crippen LogP contribution in [0.1, 0.15) is 50.5 Å². The van der Waals surface area contributed by atoms with Crippen molar-refractivity contribution in [2.75, 3.05) is 13.1 Å². The van der Waals surface area contributed by atoms with Crippen LogP contribution >= 0.6 is 0 Å². The van der Waals surface area contributed by atoms with E-state index in [4.69, 9.17) is 0 Å². The molecule has 0 radical (unpaired) electrons. The van der Waals surface area contributed by atoms with Crippen molar-refractivity contribution in [2.24, 2.45) is 5.41 Å². The molecule has 1 heterocycles. The predicted octanol–water partition coefficient (Wildman–Crippen LogP) is 2.37. The Morgan fingerprint density at radius 2 is 1.78 bits per heavy atom. The number of carbonyl (C=O) groups excluding carboxylic acids is 2. The fourth-order valence-electron chi connectivity index (χ4n) is 3.98. The third-order valence-electron chi connectivity index (χ3n) is 5.95. The summed E-state index contributed by atoms with van der Waals surface area (Å²) < 4.78 is 0. The molecule has 27 heavy (non-hydrogen) atoms. The summed E-state index contributed by atoms with van der Waals surface area (Å²) in [5.41, 5.74) is 0.314. The monoisotopic (exact) mass is 372 g/mol. The molecule has 1 saturated heterocycles. The highest BCUT2D eigenvalue weighted by atomic mass is 16.4. The van der Waals surface area contributed by atoms with Crippen LogP contribution in [-0.2, 0) is 20.8 Å². The fourth-order valence-corrected chi connectivity index (χ4v) is 3.98. The highest BCUT2D eigenvalue weighted by Gasteiger charge is 2.46. The zero-order chi connectivity index (χ0) is 19.3. The Hall–Kier alpha value is -2.37. The molecule has 1 aromatic carbocycles. The van der Waals surface area contributed by atoms with Gasteiger partial charge < -0.3 is 15.3 Å². The van der Waals surface area contributed by atoms with E-state index in [9.17, 15) is 19.5 Å². The average molecular weight is 372 g/mol. The summed E-state index contributed by atoms with van der Waals surface area (Å²) in [6, 6.07) is 10.0. The Morgan fingerprint density at radius 1 is 1.11 bits per heavy atom. The van der Waals surface area contributed by atoms with Gasteiger partial charge in [0, 0.05) is 32.0 Å². The van der Waals surface area contributed by atoms with E-state index in [1.54, 1.807) is 0 Å². The van der Waals surface area contributed by atoms with E-state index in [2.05, 4.69) is 5.32 Å². The summed E-state index contributed by atoms with van der Waals surface area (Å²) in [7, 11) is 0. The van der Waals surface area contributed by atoms with Crippen molar-refractivity contribution in [2.45, 2.75) is 57.4 Å². The van der Waals surface area contributed by atoms with Gasteiger partial charge in [0.1, 0.15) is 0 Å².